The van der Waals surface area contributed by atoms with Gasteiger partial charge in [0.15, 0.2) is 25.2 Å². The molecule has 494 valence electrons. The fraction of sp³-hybridized carbons (Fsp3) is 0.949. The molecule has 5 aliphatic heterocycles. The highest BCUT2D eigenvalue weighted by molar-refractivity contribution is 5.79. The average molecular weight is 1240 g/mol. The highest BCUT2D eigenvalue weighted by Gasteiger charge is 2.70. The van der Waals surface area contributed by atoms with Crippen LogP contribution in [-0.4, -0.2) is 274 Å². The van der Waals surface area contributed by atoms with Crippen LogP contribution in [0.3, 0.4) is 0 Å². The zero-order valence-corrected chi connectivity index (χ0v) is 50.0. The van der Waals surface area contributed by atoms with Crippen LogP contribution in [0.15, 0.2) is 11.6 Å². The van der Waals surface area contributed by atoms with Gasteiger partial charge in [0.05, 0.1) is 44.6 Å². The fourth-order valence-electron chi connectivity index (χ4n) is 17.6. The van der Waals surface area contributed by atoms with Crippen molar-refractivity contribution >= 4 is 5.97 Å². The molecule has 0 aromatic carbocycles. The first-order valence-corrected chi connectivity index (χ1v) is 30.7. The van der Waals surface area contributed by atoms with Crippen molar-refractivity contribution in [2.45, 2.75) is 266 Å². The van der Waals surface area contributed by atoms with Crippen molar-refractivity contribution in [3.63, 3.8) is 0 Å². The largest absolute Gasteiger partial charge is 0.432 e. The Labute approximate surface area is 499 Å². The highest BCUT2D eigenvalue weighted by atomic mass is 16.8. The average Bonchev–Trinajstić information content (AvgIpc) is 0.685. The SMILES string of the molecule is CC1(C)CCC2(C(=O)OC3OC(COC4OC(CO)C(O)C(O)C4O)C(O)C(O)C3O)CCC3(C)C(=CCC4C5(C)CCC(OC6OCC(O)C(OC7OC(CO)C(O)C(O)C7O)C6OC6OC(CO)C(O)C(O)C6O)C(C)(C)C5CCC43C)C2C1. The van der Waals surface area contributed by atoms with Crippen LogP contribution in [0.1, 0.15) is 113 Å². The Morgan fingerprint density at radius 3 is 1.59 bits per heavy atom. The van der Waals surface area contributed by atoms with E-state index in [4.69, 9.17) is 47.4 Å². The second-order valence-corrected chi connectivity index (χ2v) is 28.7. The minimum atomic E-state index is -1.90. The summed E-state index contributed by atoms with van der Waals surface area (Å²) in [5.41, 5.74) is -1.54. The van der Waals surface area contributed by atoms with E-state index in [9.17, 15) is 81.7 Å². The maximum atomic E-state index is 15.2. The Morgan fingerprint density at radius 2 is 1.02 bits per heavy atom. The van der Waals surface area contributed by atoms with Gasteiger partial charge < -0.3 is 129 Å². The molecule has 10 rings (SSSR count). The molecule has 27 heteroatoms. The van der Waals surface area contributed by atoms with Crippen LogP contribution >= 0.6 is 0 Å². The molecule has 32 atom stereocenters. The van der Waals surface area contributed by atoms with Gasteiger partial charge in [-0.15, -0.1) is 0 Å². The van der Waals surface area contributed by atoms with E-state index in [0.29, 0.717) is 51.4 Å². The van der Waals surface area contributed by atoms with Crippen LogP contribution in [0.2, 0.25) is 0 Å². The number of hydrogen-bond donors (Lipinski definition) is 16. The molecule has 0 radical (unpaired) electrons. The molecule has 32 unspecified atom stereocenters. The normalized spacial score (nSPS) is 53.6. The van der Waals surface area contributed by atoms with Gasteiger partial charge in [0.1, 0.15) is 116 Å². The molecule has 9 fully saturated rings. The van der Waals surface area contributed by atoms with Crippen molar-refractivity contribution in [1.82, 2.24) is 0 Å². The van der Waals surface area contributed by atoms with Gasteiger partial charge in [-0.3, -0.25) is 4.79 Å². The summed E-state index contributed by atoms with van der Waals surface area (Å²) in [5, 5.41) is 171. The third-order valence-electron chi connectivity index (χ3n) is 23.1. The van der Waals surface area contributed by atoms with E-state index in [2.05, 4.69) is 54.5 Å². The molecule has 5 saturated heterocycles. The Bertz CT molecular complexity index is 2380. The molecule has 5 aliphatic carbocycles. The highest BCUT2D eigenvalue weighted by Crippen LogP contribution is 2.76. The lowest BCUT2D eigenvalue weighted by Gasteiger charge is -2.71. The van der Waals surface area contributed by atoms with Crippen molar-refractivity contribution in [3.05, 3.63) is 11.6 Å². The molecule has 0 spiro atoms. The van der Waals surface area contributed by atoms with Gasteiger partial charge in [0, 0.05) is 0 Å². The molecule has 16 N–H and O–H groups in total. The number of aliphatic hydroxyl groups excluding tert-OH is 16. The topological polar surface area (TPSA) is 433 Å². The van der Waals surface area contributed by atoms with Crippen molar-refractivity contribution in [3.8, 4) is 0 Å². The predicted molar refractivity (Wildman–Crippen MR) is 289 cm³/mol. The molecule has 4 saturated carbocycles. The number of rotatable bonds is 14. The standard InChI is InChI=1S/C59H96O27/c1-54(2)14-16-59(53(76)86-51-45(75)41(71)37(67)30(82-51)23-78-48-42(72)38(68)34(64)27(19-60)79-48)17-15-57(6)24(25(59)18-54)8-9-32-56(5)12-11-33(55(3,4)31(56)10-13-58(32,57)7)83-52-47(85-50-44(74)40(70)36(66)29(21-62)81-50)46(26(63)22-77-52)84-49-43(73)39(69)35(65)28(20-61)80-49/h8,25-52,60-75H,9-23H2,1-7H3. The van der Waals surface area contributed by atoms with Gasteiger partial charge in [0.2, 0.25) is 6.29 Å². The first-order chi connectivity index (χ1) is 40.3. The fourth-order valence-corrected chi connectivity index (χ4v) is 17.6. The lowest BCUT2D eigenvalue weighted by molar-refractivity contribution is -0.389. The lowest BCUT2D eigenvalue weighted by Crippen LogP contribution is -2.67. The third kappa shape index (κ3) is 11.3. The second kappa shape index (κ2) is 24.9. The smallest absolute Gasteiger partial charge is 0.315 e. The number of allylic oxidation sites excluding steroid dienone is 2. The van der Waals surface area contributed by atoms with E-state index in [-0.39, 0.29) is 39.4 Å². The summed E-state index contributed by atoms with van der Waals surface area (Å²) in [6.07, 6.45) is -31.7. The number of ether oxygens (including phenoxy) is 10. The van der Waals surface area contributed by atoms with Crippen LogP contribution in [0.5, 0.6) is 0 Å². The zero-order valence-electron chi connectivity index (χ0n) is 50.0. The first-order valence-electron chi connectivity index (χ1n) is 30.7. The van der Waals surface area contributed by atoms with Gasteiger partial charge in [-0.05, 0) is 109 Å². The molecule has 86 heavy (non-hydrogen) atoms. The number of carbonyl (C=O) groups is 1. The summed E-state index contributed by atoms with van der Waals surface area (Å²) in [7, 11) is 0. The summed E-state index contributed by atoms with van der Waals surface area (Å²) >= 11 is 0. The van der Waals surface area contributed by atoms with Crippen molar-refractivity contribution < 1.29 is 134 Å². The number of fused-ring (bicyclic) bond motifs is 7. The number of aliphatic hydroxyl groups is 16. The maximum Gasteiger partial charge on any atom is 0.315 e. The van der Waals surface area contributed by atoms with Crippen LogP contribution in [0.25, 0.3) is 0 Å². The molecule has 0 amide bonds. The van der Waals surface area contributed by atoms with E-state index < -0.39 is 203 Å². The van der Waals surface area contributed by atoms with Gasteiger partial charge >= 0.3 is 5.97 Å². The Hall–Kier alpha value is -1.79. The molecule has 0 bridgehead atoms. The molecule has 0 aromatic heterocycles. The molecule has 0 aromatic rings. The van der Waals surface area contributed by atoms with Crippen molar-refractivity contribution in [2.24, 2.45) is 50.2 Å². The molecular formula is C59H96O27. The van der Waals surface area contributed by atoms with Crippen LogP contribution in [0, 0.1) is 50.2 Å². The van der Waals surface area contributed by atoms with Crippen LogP contribution < -0.4 is 0 Å². The molecule has 5 heterocycles. The van der Waals surface area contributed by atoms with Gasteiger partial charge in [-0.1, -0.05) is 60.1 Å². The van der Waals surface area contributed by atoms with E-state index in [0.717, 1.165) is 12.8 Å². The monoisotopic (exact) mass is 1240 g/mol. The summed E-state index contributed by atoms with van der Waals surface area (Å²) in [5.74, 6) is -0.670. The molecule has 10 aliphatic rings. The Balaban J connectivity index is 0.877. The minimum absolute atomic E-state index is 0.0547. The number of carbonyl (C=O) groups excluding carboxylic acids is 1. The first kappa shape index (κ1) is 67.1. The number of hydrogen-bond acceptors (Lipinski definition) is 27. The second-order valence-electron chi connectivity index (χ2n) is 28.7. The van der Waals surface area contributed by atoms with Crippen molar-refractivity contribution in [2.75, 3.05) is 33.0 Å². The van der Waals surface area contributed by atoms with Crippen LogP contribution in [0.4, 0.5) is 0 Å². The summed E-state index contributed by atoms with van der Waals surface area (Å²) < 4.78 is 60.3. The van der Waals surface area contributed by atoms with E-state index in [1.54, 1.807) is 0 Å². The summed E-state index contributed by atoms with van der Waals surface area (Å²) in [4.78, 5) is 15.2. The third-order valence-corrected chi connectivity index (χ3v) is 23.1. The van der Waals surface area contributed by atoms with Gasteiger partial charge in [0.25, 0.3) is 0 Å². The Kier molecular flexibility index (Phi) is 19.4. The molecule has 27 nitrogen and oxygen atoms in total. The maximum absolute atomic E-state index is 15.2. The predicted octanol–water partition coefficient (Wildman–Crippen LogP) is -3.57. The molecular weight excluding hydrogens is 1140 g/mol. The van der Waals surface area contributed by atoms with E-state index in [1.807, 2.05) is 0 Å². The van der Waals surface area contributed by atoms with E-state index in [1.165, 1.54) is 5.57 Å². The van der Waals surface area contributed by atoms with E-state index >= 15 is 4.79 Å². The number of esters is 1. The zero-order chi connectivity index (χ0) is 62.7. The lowest BCUT2D eigenvalue weighted by atomic mass is 9.33. The quantitative estimate of drug-likeness (QED) is 0.0454. The van der Waals surface area contributed by atoms with Gasteiger partial charge in [-0.25, -0.2) is 0 Å². The minimum Gasteiger partial charge on any atom is -0.432 e. The van der Waals surface area contributed by atoms with Crippen LogP contribution in [-0.2, 0) is 52.2 Å². The summed E-state index contributed by atoms with van der Waals surface area (Å²) in [6.45, 7) is 12.5. The Morgan fingerprint density at radius 1 is 0.523 bits per heavy atom. The van der Waals surface area contributed by atoms with Gasteiger partial charge in [-0.2, -0.15) is 0 Å². The van der Waals surface area contributed by atoms with Crippen molar-refractivity contribution in [1.29, 1.82) is 0 Å². The summed E-state index contributed by atoms with van der Waals surface area (Å²) in [6, 6.07) is 0.